The van der Waals surface area contributed by atoms with E-state index in [1.165, 1.54) is 19.1 Å². The summed E-state index contributed by atoms with van der Waals surface area (Å²) in [5.41, 5.74) is 0.855. The smallest absolute Gasteiger partial charge is 0.222 e. The molecule has 0 aliphatic carbocycles. The van der Waals surface area contributed by atoms with Crippen LogP contribution in [-0.4, -0.2) is 19.8 Å². The van der Waals surface area contributed by atoms with Gasteiger partial charge in [0.2, 0.25) is 5.91 Å². The highest BCUT2D eigenvalue weighted by molar-refractivity contribution is 9.10. The van der Waals surface area contributed by atoms with Crippen molar-refractivity contribution in [3.63, 3.8) is 0 Å². The summed E-state index contributed by atoms with van der Waals surface area (Å²) in [6.45, 7) is 6.80. The number of nitrogens with one attached hydrogen (secondary N) is 2. The molecule has 28 heavy (non-hydrogen) atoms. The maximum Gasteiger partial charge on any atom is 0.222 e. The van der Waals surface area contributed by atoms with E-state index >= 15 is 0 Å². The highest BCUT2D eigenvalue weighted by atomic mass is 79.9. The number of halogens is 3. The van der Waals surface area contributed by atoms with Crippen molar-refractivity contribution < 1.29 is 17.8 Å². The van der Waals surface area contributed by atoms with Crippen LogP contribution in [0, 0.1) is 11.6 Å². The fraction of sp³-hybridized carbons (Fsp3) is 0.368. The molecule has 2 aromatic rings. The Morgan fingerprint density at radius 1 is 1.21 bits per heavy atom. The molecule has 1 aromatic carbocycles. The van der Waals surface area contributed by atoms with E-state index in [2.05, 4.69) is 31.0 Å². The second kappa shape index (κ2) is 9.19. The number of amides is 1. The molecule has 1 aromatic heterocycles. The first-order valence-electron chi connectivity index (χ1n) is 8.53. The molecule has 0 saturated carbocycles. The van der Waals surface area contributed by atoms with Crippen molar-refractivity contribution >= 4 is 38.6 Å². The minimum atomic E-state index is -1.46. The van der Waals surface area contributed by atoms with Gasteiger partial charge < -0.3 is 5.32 Å². The Bertz CT molecular complexity index is 883. The van der Waals surface area contributed by atoms with E-state index in [0.717, 1.165) is 6.07 Å². The summed E-state index contributed by atoms with van der Waals surface area (Å²) < 4.78 is 43.0. The molecular weight excluding hydrogens is 452 g/mol. The normalized spacial score (nSPS) is 13.8. The van der Waals surface area contributed by atoms with Gasteiger partial charge in [0.15, 0.2) is 0 Å². The molecule has 2 unspecified atom stereocenters. The molecule has 0 bridgehead atoms. The molecule has 0 fully saturated rings. The van der Waals surface area contributed by atoms with Crippen LogP contribution >= 0.6 is 15.9 Å². The summed E-state index contributed by atoms with van der Waals surface area (Å²) in [4.78, 5) is 15.8. The summed E-state index contributed by atoms with van der Waals surface area (Å²) in [6, 6.07) is 5.95. The van der Waals surface area contributed by atoms with Gasteiger partial charge in [0, 0.05) is 17.5 Å². The topological polar surface area (TPSA) is 71.1 Å². The standard InChI is InChI=1S/C19H22BrF2N3O2S/c1-11(26)23-17-6-5-15(20)18(24-17)16(25-28(27)19(2,3)4)9-12-7-13(21)10-14(22)8-12/h5-8,10,16,25H,9H2,1-4H3,(H,23,24,26). The fourth-order valence-electron chi connectivity index (χ4n) is 2.42. The number of pyridine rings is 1. The average Bonchev–Trinajstić information content (AvgIpc) is 2.53. The first kappa shape index (κ1) is 22.6. The van der Waals surface area contributed by atoms with Crippen molar-refractivity contribution in [1.82, 2.24) is 9.71 Å². The molecule has 1 amide bonds. The minimum absolute atomic E-state index is 0.144. The molecule has 2 atom stereocenters. The van der Waals surface area contributed by atoms with E-state index in [4.69, 9.17) is 0 Å². The zero-order valence-electron chi connectivity index (χ0n) is 16.0. The largest absolute Gasteiger partial charge is 0.311 e. The van der Waals surface area contributed by atoms with Crippen molar-refractivity contribution in [3.8, 4) is 0 Å². The first-order chi connectivity index (χ1) is 13.0. The molecule has 0 spiro atoms. The molecule has 0 aliphatic rings. The molecule has 0 radical (unpaired) electrons. The van der Waals surface area contributed by atoms with E-state index < -0.39 is 33.4 Å². The van der Waals surface area contributed by atoms with E-state index in [-0.39, 0.29) is 12.3 Å². The Morgan fingerprint density at radius 2 is 1.82 bits per heavy atom. The zero-order chi connectivity index (χ0) is 21.1. The Morgan fingerprint density at radius 3 is 2.36 bits per heavy atom. The molecule has 0 saturated heterocycles. The lowest BCUT2D eigenvalue weighted by molar-refractivity contribution is -0.114. The number of hydrogen-bond acceptors (Lipinski definition) is 3. The van der Waals surface area contributed by atoms with Gasteiger partial charge in [-0.3, -0.25) is 4.79 Å². The number of nitrogens with zero attached hydrogens (tertiary/aromatic N) is 1. The van der Waals surface area contributed by atoms with Gasteiger partial charge in [0.25, 0.3) is 0 Å². The Kier molecular flexibility index (Phi) is 7.41. The molecule has 1 heterocycles. The average molecular weight is 474 g/mol. The van der Waals surface area contributed by atoms with Gasteiger partial charge in [0.05, 0.1) is 27.5 Å². The Balaban J connectivity index is 2.45. The number of hydrogen-bond donors (Lipinski definition) is 2. The number of anilines is 1. The summed E-state index contributed by atoms with van der Waals surface area (Å²) in [5, 5.41) is 2.60. The van der Waals surface area contributed by atoms with E-state index in [9.17, 15) is 17.8 Å². The number of rotatable bonds is 6. The van der Waals surface area contributed by atoms with Crippen LogP contribution in [0.15, 0.2) is 34.8 Å². The predicted molar refractivity (Wildman–Crippen MR) is 110 cm³/mol. The molecular formula is C19H22BrF2N3O2S. The van der Waals surface area contributed by atoms with Gasteiger partial charge in [-0.15, -0.1) is 0 Å². The summed E-state index contributed by atoms with van der Waals surface area (Å²) in [5.74, 6) is -1.34. The van der Waals surface area contributed by atoms with Crippen LogP contribution in [0.25, 0.3) is 0 Å². The number of carbonyl (C=O) groups is 1. The third-order valence-corrected chi connectivity index (χ3v) is 5.96. The number of benzene rings is 1. The van der Waals surface area contributed by atoms with E-state index in [1.807, 2.05) is 20.8 Å². The van der Waals surface area contributed by atoms with E-state index in [1.54, 1.807) is 12.1 Å². The van der Waals surface area contributed by atoms with Crippen molar-refractivity contribution in [3.05, 3.63) is 57.7 Å². The Labute approximate surface area is 174 Å². The van der Waals surface area contributed by atoms with Crippen LogP contribution < -0.4 is 10.0 Å². The van der Waals surface area contributed by atoms with Crippen molar-refractivity contribution in [1.29, 1.82) is 0 Å². The van der Waals surface area contributed by atoms with Crippen LogP contribution in [-0.2, 0) is 22.2 Å². The van der Waals surface area contributed by atoms with Gasteiger partial charge in [-0.05, 0) is 73.0 Å². The fourth-order valence-corrected chi connectivity index (χ4v) is 3.72. The summed E-state index contributed by atoms with van der Waals surface area (Å²) in [6.07, 6.45) is 0.144. The molecule has 2 rings (SSSR count). The molecule has 9 heteroatoms. The summed E-state index contributed by atoms with van der Waals surface area (Å²) >= 11 is 3.42. The second-order valence-electron chi connectivity index (χ2n) is 7.28. The summed E-state index contributed by atoms with van der Waals surface area (Å²) in [7, 11) is -1.46. The lowest BCUT2D eigenvalue weighted by Gasteiger charge is -2.25. The van der Waals surface area contributed by atoms with E-state index in [0.29, 0.717) is 21.5 Å². The third-order valence-electron chi connectivity index (χ3n) is 3.67. The maximum atomic E-state index is 13.6. The van der Waals surface area contributed by atoms with Crippen LogP contribution in [0.1, 0.15) is 45.0 Å². The highest BCUT2D eigenvalue weighted by Gasteiger charge is 2.26. The van der Waals surface area contributed by atoms with Gasteiger partial charge in [-0.2, -0.15) is 0 Å². The lowest BCUT2D eigenvalue weighted by Crippen LogP contribution is -2.37. The van der Waals surface area contributed by atoms with Crippen molar-refractivity contribution in [2.75, 3.05) is 5.32 Å². The second-order valence-corrected chi connectivity index (χ2v) is 10.1. The molecule has 5 nitrogen and oxygen atoms in total. The SMILES string of the molecule is CC(=O)Nc1ccc(Br)c(C(Cc2cc(F)cc(F)c2)NS(=O)C(C)(C)C)n1. The molecule has 152 valence electrons. The zero-order valence-corrected chi connectivity index (χ0v) is 18.4. The van der Waals surface area contributed by atoms with Gasteiger partial charge in [-0.25, -0.2) is 22.7 Å². The number of aromatic nitrogens is 1. The van der Waals surface area contributed by atoms with Crippen molar-refractivity contribution in [2.24, 2.45) is 0 Å². The van der Waals surface area contributed by atoms with Crippen LogP contribution in [0.4, 0.5) is 14.6 Å². The van der Waals surface area contributed by atoms with Gasteiger partial charge >= 0.3 is 0 Å². The van der Waals surface area contributed by atoms with Crippen molar-refractivity contribution in [2.45, 2.75) is 44.9 Å². The monoisotopic (exact) mass is 473 g/mol. The minimum Gasteiger partial charge on any atom is -0.311 e. The number of carbonyl (C=O) groups excluding carboxylic acids is 1. The Hall–Kier alpha value is -1.71. The highest BCUT2D eigenvalue weighted by Crippen LogP contribution is 2.28. The predicted octanol–water partition coefficient (Wildman–Crippen LogP) is 4.42. The maximum absolute atomic E-state index is 13.6. The molecule has 0 aliphatic heterocycles. The third kappa shape index (κ3) is 6.42. The quantitative estimate of drug-likeness (QED) is 0.652. The van der Waals surface area contributed by atoms with Crippen LogP contribution in [0.2, 0.25) is 0 Å². The van der Waals surface area contributed by atoms with Gasteiger partial charge in [0.1, 0.15) is 17.5 Å². The molecule has 2 N–H and O–H groups in total. The lowest BCUT2D eigenvalue weighted by atomic mass is 10.0. The van der Waals surface area contributed by atoms with Gasteiger partial charge in [-0.1, -0.05) is 0 Å². The van der Waals surface area contributed by atoms with Crippen LogP contribution in [0.3, 0.4) is 0 Å². The first-order valence-corrected chi connectivity index (χ1v) is 10.5. The van der Waals surface area contributed by atoms with Crippen LogP contribution in [0.5, 0.6) is 0 Å².